The average Bonchev–Trinajstić information content (AvgIpc) is 3.03. The number of hydrogen-bond acceptors (Lipinski definition) is 7. The van der Waals surface area contributed by atoms with E-state index >= 15 is 0 Å². The van der Waals surface area contributed by atoms with Crippen molar-refractivity contribution in [2.75, 3.05) is 32.3 Å². The maximum atomic E-state index is 13.4. The highest BCUT2D eigenvalue weighted by Gasteiger charge is 2.46. The smallest absolute Gasteiger partial charge is 0.187 e. The molecule has 9 heteroatoms. The van der Waals surface area contributed by atoms with Gasteiger partial charge >= 0.3 is 0 Å². The van der Waals surface area contributed by atoms with Crippen LogP contribution in [-0.2, 0) is 26.1 Å². The summed E-state index contributed by atoms with van der Waals surface area (Å²) in [7, 11) is -4.41. The third-order valence-corrected chi connectivity index (χ3v) is 9.49. The molecule has 2 atom stereocenters. The lowest BCUT2D eigenvalue weighted by Gasteiger charge is -2.21. The van der Waals surface area contributed by atoms with Gasteiger partial charge in [-0.1, -0.05) is 24.3 Å². The molecule has 0 amide bonds. The van der Waals surface area contributed by atoms with E-state index in [-0.39, 0.29) is 16.4 Å². The molecule has 0 bridgehead atoms. The molecule has 0 aromatic heterocycles. The van der Waals surface area contributed by atoms with Crippen molar-refractivity contribution in [3.05, 3.63) is 53.6 Å². The van der Waals surface area contributed by atoms with Crippen molar-refractivity contribution in [2.24, 2.45) is 0 Å². The normalized spacial score (nSPS) is 20.8. The Hall–Kier alpha value is -2.10. The van der Waals surface area contributed by atoms with E-state index in [0.717, 1.165) is 16.9 Å². The molecule has 1 aliphatic heterocycles. The standard InChI is InChI=1S/C21H27NO6S2/c1-15-8-9-19(28-3)20(12-15)30(25,26)21-14-29(23,24)13-17(21)22-11-10-16-6-4-5-7-18(16)27-2/h4-9,12,17,21-22H,10-11,13-14H2,1-3H3/t17-,21-/m0/s1. The molecular formula is C21H27NO6S2. The van der Waals surface area contributed by atoms with Crippen LogP contribution in [-0.4, -0.2) is 60.4 Å². The van der Waals surface area contributed by atoms with E-state index in [1.54, 1.807) is 26.2 Å². The molecule has 164 valence electrons. The van der Waals surface area contributed by atoms with Gasteiger partial charge in [-0.2, -0.15) is 0 Å². The first-order valence-corrected chi connectivity index (χ1v) is 13.0. The molecule has 1 fully saturated rings. The summed E-state index contributed by atoms with van der Waals surface area (Å²) in [6, 6.07) is 11.7. The SMILES string of the molecule is COc1ccccc1CCN[C@H]1CS(=O)(=O)C[C@@H]1S(=O)(=O)c1cc(C)ccc1OC. The van der Waals surface area contributed by atoms with Crippen LogP contribution in [0.15, 0.2) is 47.4 Å². The molecule has 0 unspecified atom stereocenters. The molecule has 2 aromatic rings. The minimum Gasteiger partial charge on any atom is -0.496 e. The van der Waals surface area contributed by atoms with Gasteiger partial charge in [0.1, 0.15) is 16.4 Å². The van der Waals surface area contributed by atoms with E-state index in [1.165, 1.54) is 13.2 Å². The van der Waals surface area contributed by atoms with Gasteiger partial charge in [-0.15, -0.1) is 0 Å². The maximum absolute atomic E-state index is 13.4. The number of rotatable bonds is 8. The van der Waals surface area contributed by atoms with Crippen LogP contribution < -0.4 is 14.8 Å². The third kappa shape index (κ3) is 4.79. The fraction of sp³-hybridized carbons (Fsp3) is 0.429. The van der Waals surface area contributed by atoms with Crippen LogP contribution in [0.4, 0.5) is 0 Å². The molecule has 0 saturated carbocycles. The van der Waals surface area contributed by atoms with Crippen LogP contribution in [0, 0.1) is 6.92 Å². The summed E-state index contributed by atoms with van der Waals surface area (Å²) in [5.74, 6) is 0.347. The molecule has 0 radical (unpaired) electrons. The van der Waals surface area contributed by atoms with Crippen molar-refractivity contribution in [3.63, 3.8) is 0 Å². The lowest BCUT2D eigenvalue weighted by Crippen LogP contribution is -2.44. The number of ether oxygens (including phenoxy) is 2. The van der Waals surface area contributed by atoms with E-state index in [1.807, 2.05) is 24.3 Å². The minimum absolute atomic E-state index is 0.0311. The monoisotopic (exact) mass is 453 g/mol. The first-order valence-electron chi connectivity index (χ1n) is 9.62. The Morgan fingerprint density at radius 2 is 1.73 bits per heavy atom. The topological polar surface area (TPSA) is 98.8 Å². The van der Waals surface area contributed by atoms with Gasteiger partial charge in [0, 0.05) is 6.04 Å². The summed E-state index contributed by atoms with van der Waals surface area (Å²) in [5.41, 5.74) is 1.73. The Labute approximate surface area is 178 Å². The Balaban J connectivity index is 1.83. The van der Waals surface area contributed by atoms with Gasteiger partial charge in [-0.05, 0) is 49.2 Å². The predicted molar refractivity (Wildman–Crippen MR) is 116 cm³/mol. The van der Waals surface area contributed by atoms with Crippen molar-refractivity contribution in [1.82, 2.24) is 5.32 Å². The predicted octanol–water partition coefficient (Wildman–Crippen LogP) is 1.78. The van der Waals surface area contributed by atoms with Gasteiger partial charge in [-0.25, -0.2) is 16.8 Å². The van der Waals surface area contributed by atoms with Crippen LogP contribution in [0.5, 0.6) is 11.5 Å². The van der Waals surface area contributed by atoms with Crippen molar-refractivity contribution in [1.29, 1.82) is 0 Å². The van der Waals surface area contributed by atoms with Crippen molar-refractivity contribution < 1.29 is 26.3 Å². The summed E-state index contributed by atoms with van der Waals surface area (Å²) in [6.45, 7) is 2.21. The van der Waals surface area contributed by atoms with Gasteiger partial charge < -0.3 is 14.8 Å². The molecule has 0 spiro atoms. The number of nitrogens with one attached hydrogen (secondary N) is 1. The largest absolute Gasteiger partial charge is 0.496 e. The van der Waals surface area contributed by atoms with Crippen molar-refractivity contribution >= 4 is 19.7 Å². The number of aryl methyl sites for hydroxylation is 1. The van der Waals surface area contributed by atoms with Gasteiger partial charge in [0.15, 0.2) is 19.7 Å². The fourth-order valence-electron chi connectivity index (χ4n) is 3.78. The van der Waals surface area contributed by atoms with E-state index in [2.05, 4.69) is 5.32 Å². The zero-order chi connectivity index (χ0) is 21.9. The second-order valence-corrected chi connectivity index (χ2v) is 11.7. The maximum Gasteiger partial charge on any atom is 0.187 e. The highest BCUT2D eigenvalue weighted by atomic mass is 32.2. The van der Waals surface area contributed by atoms with Gasteiger partial charge in [0.2, 0.25) is 0 Å². The summed E-state index contributed by atoms with van der Waals surface area (Å²) in [5, 5.41) is 2.09. The van der Waals surface area contributed by atoms with E-state index in [9.17, 15) is 16.8 Å². The molecule has 0 aliphatic carbocycles. The number of benzene rings is 2. The van der Waals surface area contributed by atoms with E-state index < -0.39 is 36.7 Å². The second kappa shape index (κ2) is 8.95. The van der Waals surface area contributed by atoms with E-state index in [0.29, 0.717) is 13.0 Å². The quantitative estimate of drug-likeness (QED) is 0.650. The molecule has 2 aromatic carbocycles. The Morgan fingerprint density at radius 1 is 1.03 bits per heavy atom. The van der Waals surface area contributed by atoms with Crippen LogP contribution >= 0.6 is 0 Å². The highest BCUT2D eigenvalue weighted by Crippen LogP contribution is 2.32. The minimum atomic E-state index is -3.92. The molecule has 7 nitrogen and oxygen atoms in total. The van der Waals surface area contributed by atoms with Crippen molar-refractivity contribution in [2.45, 2.75) is 29.5 Å². The first kappa shape index (κ1) is 22.6. The van der Waals surface area contributed by atoms with Crippen LogP contribution in [0.1, 0.15) is 11.1 Å². The Morgan fingerprint density at radius 3 is 2.43 bits per heavy atom. The Kier molecular flexibility index (Phi) is 6.74. The van der Waals surface area contributed by atoms with Gasteiger partial charge in [0.05, 0.1) is 31.0 Å². The molecule has 3 rings (SSSR count). The lowest BCUT2D eigenvalue weighted by atomic mass is 10.1. The molecular weight excluding hydrogens is 426 g/mol. The summed E-state index contributed by atoms with van der Waals surface area (Å²) in [6.07, 6.45) is 0.584. The summed E-state index contributed by atoms with van der Waals surface area (Å²) >= 11 is 0. The zero-order valence-electron chi connectivity index (χ0n) is 17.3. The third-order valence-electron chi connectivity index (χ3n) is 5.32. The average molecular weight is 454 g/mol. The van der Waals surface area contributed by atoms with Gasteiger partial charge in [0.25, 0.3) is 0 Å². The lowest BCUT2D eigenvalue weighted by molar-refractivity contribution is 0.401. The Bertz CT molecular complexity index is 1110. The number of sulfone groups is 2. The molecule has 1 heterocycles. The molecule has 1 aliphatic rings. The first-order chi connectivity index (χ1) is 14.2. The summed E-state index contributed by atoms with van der Waals surface area (Å²) in [4.78, 5) is 0.0311. The van der Waals surface area contributed by atoms with Gasteiger partial charge in [-0.3, -0.25) is 0 Å². The second-order valence-electron chi connectivity index (χ2n) is 7.44. The fourth-order valence-corrected chi connectivity index (χ4v) is 8.74. The van der Waals surface area contributed by atoms with Crippen molar-refractivity contribution in [3.8, 4) is 11.5 Å². The molecule has 1 N–H and O–H groups in total. The van der Waals surface area contributed by atoms with E-state index in [4.69, 9.17) is 9.47 Å². The van der Waals surface area contributed by atoms with Crippen LogP contribution in [0.3, 0.4) is 0 Å². The molecule has 1 saturated heterocycles. The zero-order valence-corrected chi connectivity index (χ0v) is 18.9. The molecule has 30 heavy (non-hydrogen) atoms. The van der Waals surface area contributed by atoms with Crippen LogP contribution in [0.25, 0.3) is 0 Å². The highest BCUT2D eigenvalue weighted by molar-refractivity contribution is 7.96. The number of methoxy groups -OCH3 is 2. The number of para-hydroxylation sites is 1. The van der Waals surface area contributed by atoms with Crippen LogP contribution in [0.2, 0.25) is 0 Å². The number of hydrogen-bond donors (Lipinski definition) is 1. The summed E-state index contributed by atoms with van der Waals surface area (Å²) < 4.78 is 62.0.